The summed E-state index contributed by atoms with van der Waals surface area (Å²) in [5.41, 5.74) is 0.967. The standard InChI is InChI=1S/C13H23ClN4/c1-6-18(9-7-8-17(4)5)13-10(2)12(14)15-11(3)16-13/h6-9H2,1-5H3. The first-order valence-corrected chi connectivity index (χ1v) is 6.74. The van der Waals surface area contributed by atoms with E-state index in [1.807, 2.05) is 13.8 Å². The molecule has 1 aromatic rings. The van der Waals surface area contributed by atoms with Crippen molar-refractivity contribution < 1.29 is 0 Å². The van der Waals surface area contributed by atoms with Crippen LogP contribution in [-0.2, 0) is 0 Å². The summed E-state index contributed by atoms with van der Waals surface area (Å²) in [6.07, 6.45) is 1.11. The van der Waals surface area contributed by atoms with Gasteiger partial charge < -0.3 is 9.80 Å². The van der Waals surface area contributed by atoms with Gasteiger partial charge in [0.05, 0.1) is 0 Å². The fourth-order valence-electron chi connectivity index (χ4n) is 1.88. The number of halogens is 1. The van der Waals surface area contributed by atoms with Gasteiger partial charge in [-0.3, -0.25) is 0 Å². The van der Waals surface area contributed by atoms with Crippen LogP contribution in [0.3, 0.4) is 0 Å². The van der Waals surface area contributed by atoms with Crippen molar-refractivity contribution in [2.75, 3.05) is 38.6 Å². The van der Waals surface area contributed by atoms with Crippen molar-refractivity contribution in [3.8, 4) is 0 Å². The number of nitrogens with zero attached hydrogens (tertiary/aromatic N) is 4. The third-order valence-corrected chi connectivity index (χ3v) is 3.26. The second-order valence-electron chi connectivity index (χ2n) is 4.75. The maximum absolute atomic E-state index is 6.12. The topological polar surface area (TPSA) is 32.3 Å². The van der Waals surface area contributed by atoms with Crippen molar-refractivity contribution in [1.82, 2.24) is 14.9 Å². The van der Waals surface area contributed by atoms with E-state index in [9.17, 15) is 0 Å². The molecule has 5 heteroatoms. The van der Waals surface area contributed by atoms with Crippen molar-refractivity contribution in [2.24, 2.45) is 0 Å². The van der Waals surface area contributed by atoms with Gasteiger partial charge in [0.25, 0.3) is 0 Å². The number of hydrogen-bond acceptors (Lipinski definition) is 4. The van der Waals surface area contributed by atoms with E-state index in [1.165, 1.54) is 0 Å². The fourth-order valence-corrected chi connectivity index (χ4v) is 2.09. The van der Waals surface area contributed by atoms with Crippen molar-refractivity contribution in [3.63, 3.8) is 0 Å². The highest BCUT2D eigenvalue weighted by Gasteiger charge is 2.13. The van der Waals surface area contributed by atoms with Crippen molar-refractivity contribution in [2.45, 2.75) is 27.2 Å². The molecule has 0 aliphatic rings. The molecule has 18 heavy (non-hydrogen) atoms. The molecule has 0 amide bonds. The van der Waals surface area contributed by atoms with Crippen LogP contribution in [-0.4, -0.2) is 48.6 Å². The van der Waals surface area contributed by atoms with Gasteiger partial charge in [-0.25, -0.2) is 9.97 Å². The molecule has 0 fully saturated rings. The van der Waals surface area contributed by atoms with Gasteiger partial charge in [0.1, 0.15) is 16.8 Å². The molecule has 0 aromatic carbocycles. The molecule has 0 atom stereocenters. The molecule has 102 valence electrons. The van der Waals surface area contributed by atoms with Gasteiger partial charge in [-0.05, 0) is 47.8 Å². The van der Waals surface area contributed by atoms with E-state index >= 15 is 0 Å². The van der Waals surface area contributed by atoms with Gasteiger partial charge in [0.15, 0.2) is 0 Å². The Balaban J connectivity index is 2.81. The SMILES string of the molecule is CCN(CCCN(C)C)c1nc(C)nc(Cl)c1C. The van der Waals surface area contributed by atoms with Crippen LogP contribution in [0.5, 0.6) is 0 Å². The van der Waals surface area contributed by atoms with E-state index in [0.717, 1.165) is 43.3 Å². The molecule has 0 saturated heterocycles. The summed E-state index contributed by atoms with van der Waals surface area (Å²) in [4.78, 5) is 13.2. The van der Waals surface area contributed by atoms with Crippen LogP contribution in [0.4, 0.5) is 5.82 Å². The molecule has 1 aromatic heterocycles. The molecule has 0 saturated carbocycles. The van der Waals surface area contributed by atoms with E-state index < -0.39 is 0 Å². The molecule has 0 spiro atoms. The molecule has 4 nitrogen and oxygen atoms in total. The van der Waals surface area contributed by atoms with Crippen LogP contribution in [0.1, 0.15) is 24.7 Å². The smallest absolute Gasteiger partial charge is 0.137 e. The normalized spacial score (nSPS) is 11.1. The molecule has 0 N–H and O–H groups in total. The summed E-state index contributed by atoms with van der Waals surface area (Å²) in [5.74, 6) is 1.69. The minimum Gasteiger partial charge on any atom is -0.356 e. The number of aromatic nitrogens is 2. The van der Waals surface area contributed by atoms with Gasteiger partial charge >= 0.3 is 0 Å². The lowest BCUT2D eigenvalue weighted by atomic mass is 10.3. The van der Waals surface area contributed by atoms with Crippen LogP contribution in [0.15, 0.2) is 0 Å². The Morgan fingerprint density at radius 1 is 1.11 bits per heavy atom. The van der Waals surface area contributed by atoms with Crippen molar-refractivity contribution >= 4 is 17.4 Å². The predicted octanol–water partition coefficient (Wildman–Crippen LogP) is 2.52. The monoisotopic (exact) mass is 270 g/mol. The largest absolute Gasteiger partial charge is 0.356 e. The van der Waals surface area contributed by atoms with Crippen molar-refractivity contribution in [3.05, 3.63) is 16.5 Å². The average Bonchev–Trinajstić information content (AvgIpc) is 2.29. The zero-order valence-corrected chi connectivity index (χ0v) is 12.8. The number of hydrogen-bond donors (Lipinski definition) is 0. The quantitative estimate of drug-likeness (QED) is 0.744. The fraction of sp³-hybridized carbons (Fsp3) is 0.692. The highest BCUT2D eigenvalue weighted by Crippen LogP contribution is 2.23. The van der Waals surface area contributed by atoms with E-state index in [0.29, 0.717) is 5.15 Å². The third-order valence-electron chi connectivity index (χ3n) is 2.89. The summed E-state index contributed by atoms with van der Waals surface area (Å²) in [5, 5.41) is 0.559. The van der Waals surface area contributed by atoms with Gasteiger partial charge in [-0.2, -0.15) is 0 Å². The zero-order chi connectivity index (χ0) is 13.7. The molecule has 1 rings (SSSR count). The van der Waals surface area contributed by atoms with Crippen LogP contribution in [0.25, 0.3) is 0 Å². The van der Waals surface area contributed by atoms with Crippen LogP contribution in [0.2, 0.25) is 5.15 Å². The van der Waals surface area contributed by atoms with E-state index in [-0.39, 0.29) is 0 Å². The minimum atomic E-state index is 0.559. The van der Waals surface area contributed by atoms with Gasteiger partial charge in [-0.15, -0.1) is 0 Å². The Kier molecular flexibility index (Phi) is 5.82. The molecule has 0 radical (unpaired) electrons. The first-order chi connectivity index (χ1) is 8.45. The van der Waals surface area contributed by atoms with E-state index in [4.69, 9.17) is 11.6 Å². The third kappa shape index (κ3) is 4.10. The molecule has 0 bridgehead atoms. The Morgan fingerprint density at radius 2 is 1.78 bits per heavy atom. The number of rotatable bonds is 6. The molecular formula is C13H23ClN4. The summed E-state index contributed by atoms with van der Waals surface area (Å²) in [6, 6.07) is 0. The maximum Gasteiger partial charge on any atom is 0.137 e. The first kappa shape index (κ1) is 15.2. The Hall–Kier alpha value is -0.870. The second-order valence-corrected chi connectivity index (χ2v) is 5.10. The van der Waals surface area contributed by atoms with Gasteiger partial charge in [-0.1, -0.05) is 11.6 Å². The molecule has 0 aliphatic heterocycles. The molecule has 0 aliphatic carbocycles. The minimum absolute atomic E-state index is 0.559. The highest BCUT2D eigenvalue weighted by atomic mass is 35.5. The average molecular weight is 271 g/mol. The Bertz CT molecular complexity index is 393. The second kappa shape index (κ2) is 6.90. The van der Waals surface area contributed by atoms with Crippen LogP contribution in [0, 0.1) is 13.8 Å². The Morgan fingerprint density at radius 3 is 2.33 bits per heavy atom. The number of anilines is 1. The predicted molar refractivity (Wildman–Crippen MR) is 77.6 cm³/mol. The van der Waals surface area contributed by atoms with E-state index in [2.05, 4.69) is 40.8 Å². The lowest BCUT2D eigenvalue weighted by molar-refractivity contribution is 0.400. The van der Waals surface area contributed by atoms with Gasteiger partial charge in [0.2, 0.25) is 0 Å². The summed E-state index contributed by atoms with van der Waals surface area (Å²) in [6.45, 7) is 8.99. The molecule has 0 unspecified atom stereocenters. The Labute approximate surface area is 115 Å². The van der Waals surface area contributed by atoms with Crippen molar-refractivity contribution in [1.29, 1.82) is 0 Å². The maximum atomic E-state index is 6.12. The zero-order valence-electron chi connectivity index (χ0n) is 12.0. The lowest BCUT2D eigenvalue weighted by Gasteiger charge is -2.24. The van der Waals surface area contributed by atoms with Gasteiger partial charge in [0, 0.05) is 18.7 Å². The lowest BCUT2D eigenvalue weighted by Crippen LogP contribution is -2.28. The molecule has 1 heterocycles. The first-order valence-electron chi connectivity index (χ1n) is 6.36. The number of aryl methyl sites for hydroxylation is 1. The summed E-state index contributed by atoms with van der Waals surface area (Å²) < 4.78 is 0. The summed E-state index contributed by atoms with van der Waals surface area (Å²) >= 11 is 6.12. The van der Waals surface area contributed by atoms with E-state index in [1.54, 1.807) is 0 Å². The molecular weight excluding hydrogens is 248 g/mol. The van der Waals surface area contributed by atoms with Crippen LogP contribution >= 0.6 is 11.6 Å². The highest BCUT2D eigenvalue weighted by molar-refractivity contribution is 6.30. The van der Waals surface area contributed by atoms with Crippen LogP contribution < -0.4 is 4.90 Å². The summed E-state index contributed by atoms with van der Waals surface area (Å²) in [7, 11) is 4.18.